The topological polar surface area (TPSA) is 16.4 Å². The van der Waals surface area contributed by atoms with Crippen LogP contribution >= 0.6 is 0 Å². The number of furan rings is 1. The smallest absolute Gasteiger partial charge is 0.136 e. The lowest BCUT2D eigenvalue weighted by Gasteiger charge is -2.34. The second kappa shape index (κ2) is 17.4. The molecule has 0 spiro atoms. The molecule has 0 unspecified atom stereocenters. The summed E-state index contributed by atoms with van der Waals surface area (Å²) in [6.45, 7) is 0. The average Bonchev–Trinajstić information content (AvgIpc) is 4.06. The Morgan fingerprint density at radius 2 is 0.808 bits per heavy atom. The van der Waals surface area contributed by atoms with Crippen LogP contribution in [-0.4, -0.2) is 0 Å². The highest BCUT2D eigenvalue weighted by atomic mass is 16.3. The highest BCUT2D eigenvalue weighted by Gasteiger charge is 2.46. The Labute approximate surface area is 425 Å². The summed E-state index contributed by atoms with van der Waals surface area (Å²) >= 11 is 0. The van der Waals surface area contributed by atoms with Crippen LogP contribution in [0, 0.1) is 0 Å². The fourth-order valence-electron chi connectivity index (χ4n) is 11.8. The third-order valence-electron chi connectivity index (χ3n) is 15.2. The van der Waals surface area contributed by atoms with E-state index in [0.29, 0.717) is 0 Å². The van der Waals surface area contributed by atoms with Gasteiger partial charge in [0.1, 0.15) is 11.2 Å². The van der Waals surface area contributed by atoms with Crippen molar-refractivity contribution >= 4 is 49.8 Å². The second-order valence-electron chi connectivity index (χ2n) is 19.2. The van der Waals surface area contributed by atoms with Gasteiger partial charge < -0.3 is 9.32 Å². The van der Waals surface area contributed by atoms with Gasteiger partial charge in [-0.25, -0.2) is 0 Å². The molecule has 0 radical (unpaired) electrons. The summed E-state index contributed by atoms with van der Waals surface area (Å²) in [5.41, 5.74) is 21.6. The lowest BCUT2D eigenvalue weighted by Crippen LogP contribution is -2.28. The van der Waals surface area contributed by atoms with Crippen LogP contribution < -0.4 is 4.90 Å². The summed E-state index contributed by atoms with van der Waals surface area (Å²) in [6.07, 6.45) is 0. The minimum absolute atomic E-state index is 0.468. The highest BCUT2D eigenvalue weighted by molar-refractivity contribution is 6.12. The molecular weight excluding hydrogens is 883 g/mol. The van der Waals surface area contributed by atoms with Crippen molar-refractivity contribution in [2.75, 3.05) is 4.90 Å². The largest absolute Gasteiger partial charge is 0.456 e. The number of anilines is 3. The Morgan fingerprint density at radius 1 is 0.288 bits per heavy atom. The van der Waals surface area contributed by atoms with E-state index in [9.17, 15) is 0 Å². The molecule has 1 aliphatic carbocycles. The molecule has 0 fully saturated rings. The summed E-state index contributed by atoms with van der Waals surface area (Å²) in [7, 11) is 0. The van der Waals surface area contributed by atoms with Crippen LogP contribution in [0.2, 0.25) is 0 Å². The zero-order valence-corrected chi connectivity index (χ0v) is 40.0. The van der Waals surface area contributed by atoms with Crippen molar-refractivity contribution in [1.82, 2.24) is 0 Å². The van der Waals surface area contributed by atoms with E-state index in [4.69, 9.17) is 4.42 Å². The molecule has 0 aliphatic heterocycles. The molecule has 0 atom stereocenters. The molecule has 2 heteroatoms. The number of hydrogen-bond acceptors (Lipinski definition) is 2. The molecule has 1 aliphatic rings. The normalized spacial score (nSPS) is 12.5. The van der Waals surface area contributed by atoms with Crippen molar-refractivity contribution < 1.29 is 4.42 Å². The maximum Gasteiger partial charge on any atom is 0.136 e. The van der Waals surface area contributed by atoms with Gasteiger partial charge in [0.15, 0.2) is 0 Å². The molecule has 1 aromatic heterocycles. The van der Waals surface area contributed by atoms with Crippen molar-refractivity contribution in [3.8, 4) is 55.6 Å². The Balaban J connectivity index is 0.875. The van der Waals surface area contributed by atoms with E-state index >= 15 is 0 Å². The van der Waals surface area contributed by atoms with Gasteiger partial charge in [0, 0.05) is 27.8 Å². The molecule has 0 saturated heterocycles. The van der Waals surface area contributed by atoms with Crippen molar-refractivity contribution in [3.05, 3.63) is 307 Å². The van der Waals surface area contributed by atoms with Crippen molar-refractivity contribution in [2.24, 2.45) is 0 Å². The van der Waals surface area contributed by atoms with Crippen LogP contribution in [0.5, 0.6) is 0 Å². The molecule has 0 bridgehead atoms. The lowest BCUT2D eigenvalue weighted by molar-refractivity contribution is 0.669. The van der Waals surface area contributed by atoms with Gasteiger partial charge in [-0.2, -0.15) is 0 Å². The fourth-order valence-corrected chi connectivity index (χ4v) is 11.8. The Kier molecular flexibility index (Phi) is 10.1. The van der Waals surface area contributed by atoms with Crippen LogP contribution in [0.15, 0.2) is 290 Å². The van der Waals surface area contributed by atoms with Crippen molar-refractivity contribution in [1.29, 1.82) is 0 Å². The maximum atomic E-state index is 6.36. The second-order valence-corrected chi connectivity index (χ2v) is 19.2. The first kappa shape index (κ1) is 42.4. The maximum absolute atomic E-state index is 6.36. The monoisotopic (exact) mass is 929 g/mol. The lowest BCUT2D eigenvalue weighted by atomic mass is 9.67. The predicted molar refractivity (Wildman–Crippen MR) is 305 cm³/mol. The van der Waals surface area contributed by atoms with Crippen LogP contribution in [0.1, 0.15) is 22.3 Å². The first-order chi connectivity index (χ1) is 36.2. The minimum atomic E-state index is -0.468. The van der Waals surface area contributed by atoms with Crippen LogP contribution in [0.4, 0.5) is 17.1 Å². The SMILES string of the molecule is c1ccc(C2(c3ccccc3)c3ccccc3-c3c(-c4ccc(N(c5ccc(-c6ccc(-c7ccc8ccccc8c7)cc6)cc5)c5cccc(-c6cccc7oc8ccccc8c67)c5)cc4)cccc32)cc1. The molecule has 14 rings (SSSR count). The summed E-state index contributed by atoms with van der Waals surface area (Å²) in [4.78, 5) is 2.38. The van der Waals surface area contributed by atoms with E-state index in [0.717, 1.165) is 55.7 Å². The third kappa shape index (κ3) is 7.02. The highest BCUT2D eigenvalue weighted by Crippen LogP contribution is 2.58. The van der Waals surface area contributed by atoms with Crippen LogP contribution in [0.25, 0.3) is 88.3 Å². The molecule has 12 aromatic carbocycles. The number of para-hydroxylation sites is 1. The van der Waals surface area contributed by atoms with Crippen molar-refractivity contribution in [2.45, 2.75) is 5.41 Å². The Hall–Kier alpha value is -9.50. The molecule has 1 heterocycles. The zero-order valence-electron chi connectivity index (χ0n) is 40.0. The van der Waals surface area contributed by atoms with E-state index in [1.807, 2.05) is 6.07 Å². The number of nitrogens with zero attached hydrogens (tertiary/aromatic N) is 1. The number of rotatable bonds is 9. The summed E-state index contributed by atoms with van der Waals surface area (Å²) in [6, 6.07) is 104. The first-order valence-corrected chi connectivity index (χ1v) is 25.1. The standard InChI is InChI=1S/C71H47NO/c1-3-19-56(20-4-1)71(57-21-5-2-6-22-57)65-28-11-9-24-63(65)69-61(26-14-29-66(69)71)52-40-44-59(45-41-52)72(60-23-13-18-55(47-60)62-27-15-31-68-70(62)64-25-10-12-30-67(64)73-68)58-42-38-50(39-43-58)49-32-34-51(35-33-49)54-37-36-48-16-7-8-17-53(48)46-54/h1-47H. The van der Waals surface area contributed by atoms with Crippen molar-refractivity contribution in [3.63, 3.8) is 0 Å². The average molecular weight is 930 g/mol. The summed E-state index contributed by atoms with van der Waals surface area (Å²) in [5.74, 6) is 0. The van der Waals surface area contributed by atoms with E-state index in [1.165, 1.54) is 72.0 Å². The molecule has 342 valence electrons. The van der Waals surface area contributed by atoms with Gasteiger partial charge in [0.2, 0.25) is 0 Å². The summed E-state index contributed by atoms with van der Waals surface area (Å²) in [5, 5.41) is 4.75. The summed E-state index contributed by atoms with van der Waals surface area (Å²) < 4.78 is 6.36. The minimum Gasteiger partial charge on any atom is -0.456 e. The number of fused-ring (bicyclic) bond motifs is 7. The van der Waals surface area contributed by atoms with Gasteiger partial charge in [-0.1, -0.05) is 231 Å². The zero-order chi connectivity index (χ0) is 48.3. The number of hydrogen-bond donors (Lipinski definition) is 0. The molecule has 13 aromatic rings. The molecule has 0 amide bonds. The molecular formula is C71H47NO. The Bertz CT molecular complexity index is 4130. The van der Waals surface area contributed by atoms with Crippen LogP contribution in [-0.2, 0) is 5.41 Å². The number of benzene rings is 12. The first-order valence-electron chi connectivity index (χ1n) is 25.1. The van der Waals surface area contributed by atoms with Gasteiger partial charge in [-0.15, -0.1) is 0 Å². The van der Waals surface area contributed by atoms with Gasteiger partial charge in [-0.3, -0.25) is 0 Å². The molecule has 0 N–H and O–H groups in total. The predicted octanol–water partition coefficient (Wildman–Crippen LogP) is 19.2. The van der Waals surface area contributed by atoms with E-state index in [2.05, 4.69) is 284 Å². The van der Waals surface area contributed by atoms with E-state index < -0.39 is 5.41 Å². The van der Waals surface area contributed by atoms with Crippen LogP contribution in [0.3, 0.4) is 0 Å². The van der Waals surface area contributed by atoms with Gasteiger partial charge >= 0.3 is 0 Å². The van der Waals surface area contributed by atoms with Gasteiger partial charge in [-0.05, 0) is 143 Å². The van der Waals surface area contributed by atoms with E-state index in [1.54, 1.807) is 0 Å². The van der Waals surface area contributed by atoms with Gasteiger partial charge in [0.05, 0.1) is 5.41 Å². The van der Waals surface area contributed by atoms with E-state index in [-0.39, 0.29) is 0 Å². The third-order valence-corrected chi connectivity index (χ3v) is 15.2. The molecule has 73 heavy (non-hydrogen) atoms. The quantitative estimate of drug-likeness (QED) is 0.143. The Morgan fingerprint density at radius 3 is 1.55 bits per heavy atom. The molecule has 2 nitrogen and oxygen atoms in total. The molecule has 0 saturated carbocycles. The van der Waals surface area contributed by atoms with Gasteiger partial charge in [0.25, 0.3) is 0 Å². The fraction of sp³-hybridized carbons (Fsp3) is 0.0141.